The summed E-state index contributed by atoms with van der Waals surface area (Å²) in [6.07, 6.45) is 3.55. The van der Waals surface area contributed by atoms with Gasteiger partial charge in [0.2, 0.25) is 0 Å². The molecule has 7 heteroatoms. The fourth-order valence-electron chi connectivity index (χ4n) is 2.82. The number of hydrogen-bond donors (Lipinski definition) is 1. The van der Waals surface area contributed by atoms with Crippen molar-refractivity contribution in [3.8, 4) is 0 Å². The highest BCUT2D eigenvalue weighted by Crippen LogP contribution is 2.38. The summed E-state index contributed by atoms with van der Waals surface area (Å²) in [4.78, 5) is 26.0. The van der Waals surface area contributed by atoms with Crippen LogP contribution in [0.15, 0.2) is 16.7 Å². The summed E-state index contributed by atoms with van der Waals surface area (Å²) in [5.74, 6) is -0.719. The van der Waals surface area contributed by atoms with Crippen LogP contribution in [0.2, 0.25) is 0 Å². The zero-order chi connectivity index (χ0) is 15.1. The van der Waals surface area contributed by atoms with Crippen molar-refractivity contribution < 1.29 is 19.4 Å². The molecule has 1 saturated heterocycles. The Morgan fingerprint density at radius 2 is 2.14 bits per heavy atom. The Labute approximate surface area is 130 Å². The highest BCUT2D eigenvalue weighted by molar-refractivity contribution is 9.10. The molecular formula is C14H17BrN2O4. The summed E-state index contributed by atoms with van der Waals surface area (Å²) >= 11 is 3.39. The molecule has 2 unspecified atom stereocenters. The van der Waals surface area contributed by atoms with E-state index in [9.17, 15) is 14.7 Å². The predicted octanol–water partition coefficient (Wildman–Crippen LogP) is 1.33. The van der Waals surface area contributed by atoms with E-state index in [2.05, 4.69) is 15.9 Å². The Hall–Kier alpha value is -1.34. The molecule has 0 bridgehead atoms. The molecule has 0 radical (unpaired) electrons. The second kappa shape index (κ2) is 5.46. The maximum Gasteiger partial charge on any atom is 0.328 e. The normalized spacial score (nSPS) is 25.2. The van der Waals surface area contributed by atoms with Gasteiger partial charge >= 0.3 is 5.97 Å². The van der Waals surface area contributed by atoms with E-state index in [4.69, 9.17) is 4.74 Å². The van der Waals surface area contributed by atoms with Crippen molar-refractivity contribution in [3.05, 3.63) is 22.4 Å². The number of esters is 1. The number of likely N-dealkylation sites (tertiary alicyclic amines) is 1. The first kappa shape index (κ1) is 14.6. The average molecular weight is 357 g/mol. The van der Waals surface area contributed by atoms with Crippen LogP contribution in [0.5, 0.6) is 0 Å². The standard InChI is InChI=1S/C14H17BrN2O4/c1-21-14(20)12-5-10(18)7-17(12)13(19)11-4-8(15)6-16(11)9-2-3-9/h4,6,9-10,12,18H,2-3,5,7H2,1H3. The third-order valence-electron chi connectivity index (χ3n) is 3.99. The van der Waals surface area contributed by atoms with Crippen molar-refractivity contribution in [1.82, 2.24) is 9.47 Å². The highest BCUT2D eigenvalue weighted by Gasteiger charge is 2.41. The van der Waals surface area contributed by atoms with Crippen molar-refractivity contribution >= 4 is 27.8 Å². The summed E-state index contributed by atoms with van der Waals surface area (Å²) in [6.45, 7) is 0.159. The number of amides is 1. The van der Waals surface area contributed by atoms with Crippen LogP contribution in [0.1, 0.15) is 35.8 Å². The second-order valence-corrected chi connectivity index (χ2v) is 6.48. The molecule has 0 spiro atoms. The lowest BCUT2D eigenvalue weighted by Crippen LogP contribution is -2.41. The zero-order valence-electron chi connectivity index (χ0n) is 11.7. The van der Waals surface area contributed by atoms with E-state index in [-0.39, 0.29) is 18.9 Å². The van der Waals surface area contributed by atoms with Gasteiger partial charge in [-0.15, -0.1) is 0 Å². The average Bonchev–Trinajstić information content (AvgIpc) is 3.13. The zero-order valence-corrected chi connectivity index (χ0v) is 13.2. The molecule has 2 atom stereocenters. The molecule has 1 aliphatic heterocycles. The number of halogens is 1. The molecule has 1 aromatic heterocycles. The Morgan fingerprint density at radius 1 is 1.43 bits per heavy atom. The topological polar surface area (TPSA) is 71.8 Å². The van der Waals surface area contributed by atoms with Crippen LogP contribution in [-0.4, -0.2) is 52.3 Å². The number of methoxy groups -OCH3 is 1. The molecule has 1 aliphatic carbocycles. The van der Waals surface area contributed by atoms with E-state index in [0.717, 1.165) is 17.3 Å². The quantitative estimate of drug-likeness (QED) is 0.829. The van der Waals surface area contributed by atoms with Crippen molar-refractivity contribution in [2.45, 2.75) is 37.5 Å². The van der Waals surface area contributed by atoms with Gasteiger partial charge in [0, 0.05) is 29.7 Å². The smallest absolute Gasteiger partial charge is 0.328 e. The van der Waals surface area contributed by atoms with Gasteiger partial charge in [0.1, 0.15) is 11.7 Å². The summed E-state index contributed by atoms with van der Waals surface area (Å²) in [6, 6.07) is 1.41. The number of aliphatic hydroxyl groups excluding tert-OH is 1. The summed E-state index contributed by atoms with van der Waals surface area (Å²) in [5.41, 5.74) is 0.548. The fraction of sp³-hybridized carbons (Fsp3) is 0.571. The van der Waals surface area contributed by atoms with Crippen molar-refractivity contribution in [3.63, 3.8) is 0 Å². The predicted molar refractivity (Wildman–Crippen MR) is 77.9 cm³/mol. The Bertz CT molecular complexity index is 582. The van der Waals surface area contributed by atoms with Crippen LogP contribution in [0.4, 0.5) is 0 Å². The molecule has 1 aromatic rings. The van der Waals surface area contributed by atoms with Gasteiger partial charge in [0.15, 0.2) is 0 Å². The Balaban J connectivity index is 1.88. The number of hydrogen-bond acceptors (Lipinski definition) is 4. The van der Waals surface area contributed by atoms with E-state index in [1.165, 1.54) is 12.0 Å². The largest absolute Gasteiger partial charge is 0.467 e. The fourth-order valence-corrected chi connectivity index (χ4v) is 3.25. The second-order valence-electron chi connectivity index (χ2n) is 5.57. The van der Waals surface area contributed by atoms with E-state index in [1.807, 2.05) is 10.8 Å². The maximum atomic E-state index is 12.8. The lowest BCUT2D eigenvalue weighted by Gasteiger charge is -2.23. The first-order chi connectivity index (χ1) is 10.0. The van der Waals surface area contributed by atoms with Gasteiger partial charge in [-0.2, -0.15) is 0 Å². The minimum absolute atomic E-state index is 0.159. The summed E-state index contributed by atoms with van der Waals surface area (Å²) in [5, 5.41) is 9.79. The van der Waals surface area contributed by atoms with Crippen molar-refractivity contribution in [1.29, 1.82) is 0 Å². The van der Waals surface area contributed by atoms with Gasteiger partial charge in [-0.05, 0) is 34.8 Å². The van der Waals surface area contributed by atoms with Gasteiger partial charge in [0.05, 0.1) is 13.2 Å². The number of carbonyl (C=O) groups excluding carboxylic acids is 2. The van der Waals surface area contributed by atoms with Gasteiger partial charge in [-0.25, -0.2) is 4.79 Å². The third-order valence-corrected chi connectivity index (χ3v) is 4.42. The highest BCUT2D eigenvalue weighted by atomic mass is 79.9. The minimum atomic E-state index is -0.709. The Morgan fingerprint density at radius 3 is 2.76 bits per heavy atom. The lowest BCUT2D eigenvalue weighted by atomic mass is 10.2. The first-order valence-electron chi connectivity index (χ1n) is 6.95. The molecule has 1 amide bonds. The number of ether oxygens (including phenoxy) is 1. The van der Waals surface area contributed by atoms with E-state index < -0.39 is 18.1 Å². The molecule has 6 nitrogen and oxygen atoms in total. The van der Waals surface area contributed by atoms with Crippen LogP contribution in [-0.2, 0) is 9.53 Å². The van der Waals surface area contributed by atoms with Crippen molar-refractivity contribution in [2.24, 2.45) is 0 Å². The first-order valence-corrected chi connectivity index (χ1v) is 7.74. The number of nitrogens with zero attached hydrogens (tertiary/aromatic N) is 2. The molecule has 1 saturated carbocycles. The van der Waals surface area contributed by atoms with Crippen LogP contribution < -0.4 is 0 Å². The number of aromatic nitrogens is 1. The van der Waals surface area contributed by atoms with E-state index in [0.29, 0.717) is 11.7 Å². The van der Waals surface area contributed by atoms with Crippen LogP contribution in [0.3, 0.4) is 0 Å². The SMILES string of the molecule is COC(=O)C1CC(O)CN1C(=O)c1cc(Br)cn1C1CC1. The van der Waals surface area contributed by atoms with E-state index >= 15 is 0 Å². The number of aliphatic hydroxyl groups is 1. The number of carbonyl (C=O) groups is 2. The van der Waals surface area contributed by atoms with Crippen molar-refractivity contribution in [2.75, 3.05) is 13.7 Å². The van der Waals surface area contributed by atoms with Gasteiger partial charge < -0.3 is 19.3 Å². The molecule has 0 aromatic carbocycles. The molecule has 2 fully saturated rings. The molecule has 2 heterocycles. The molecule has 21 heavy (non-hydrogen) atoms. The number of β-amino-alcohol motifs (C(OH)–C–C–N with tert-alkyl or cyclic N) is 1. The molecule has 1 N–H and O–H groups in total. The molecule has 2 aliphatic rings. The third kappa shape index (κ3) is 2.72. The molecular weight excluding hydrogens is 340 g/mol. The monoisotopic (exact) mass is 356 g/mol. The van der Waals surface area contributed by atoms with Gasteiger partial charge in [-0.3, -0.25) is 4.79 Å². The minimum Gasteiger partial charge on any atom is -0.467 e. The summed E-state index contributed by atoms with van der Waals surface area (Å²) < 4.78 is 7.52. The lowest BCUT2D eigenvalue weighted by molar-refractivity contribution is -0.145. The van der Waals surface area contributed by atoms with Crippen LogP contribution >= 0.6 is 15.9 Å². The number of rotatable bonds is 3. The maximum absolute atomic E-state index is 12.8. The van der Waals surface area contributed by atoms with Gasteiger partial charge in [-0.1, -0.05) is 0 Å². The van der Waals surface area contributed by atoms with Crippen LogP contribution in [0, 0.1) is 0 Å². The summed E-state index contributed by atoms with van der Waals surface area (Å²) in [7, 11) is 1.29. The molecule has 114 valence electrons. The van der Waals surface area contributed by atoms with Gasteiger partial charge in [0.25, 0.3) is 5.91 Å². The Kier molecular flexibility index (Phi) is 3.79. The molecule has 3 rings (SSSR count). The van der Waals surface area contributed by atoms with E-state index in [1.54, 1.807) is 6.07 Å². The van der Waals surface area contributed by atoms with Crippen LogP contribution in [0.25, 0.3) is 0 Å².